The van der Waals surface area contributed by atoms with Crippen LogP contribution in [0.15, 0.2) is 29.8 Å². The molecule has 0 aliphatic carbocycles. The van der Waals surface area contributed by atoms with Gasteiger partial charge >= 0.3 is 0 Å². The predicted molar refractivity (Wildman–Crippen MR) is 102 cm³/mol. The molecular formula is C18H24N4O2S. The van der Waals surface area contributed by atoms with Crippen LogP contribution in [-0.2, 0) is 4.79 Å². The van der Waals surface area contributed by atoms with Crippen molar-refractivity contribution in [1.29, 1.82) is 0 Å². The molecule has 1 aromatic heterocycles. The fourth-order valence-corrected chi connectivity index (χ4v) is 3.69. The Morgan fingerprint density at radius 3 is 2.72 bits per heavy atom. The zero-order chi connectivity index (χ0) is 17.8. The zero-order valence-corrected chi connectivity index (χ0v) is 15.7. The number of carbonyl (C=O) groups is 1. The molecule has 3 rings (SSSR count). The molecule has 25 heavy (non-hydrogen) atoms. The Labute approximate surface area is 152 Å². The van der Waals surface area contributed by atoms with Gasteiger partial charge in [-0.3, -0.25) is 9.69 Å². The zero-order valence-electron chi connectivity index (χ0n) is 14.9. The van der Waals surface area contributed by atoms with Crippen LogP contribution in [0.3, 0.4) is 0 Å². The van der Waals surface area contributed by atoms with Crippen molar-refractivity contribution in [1.82, 2.24) is 9.88 Å². The van der Waals surface area contributed by atoms with Crippen LogP contribution in [0, 0.1) is 6.92 Å². The van der Waals surface area contributed by atoms with Gasteiger partial charge in [0, 0.05) is 37.8 Å². The van der Waals surface area contributed by atoms with Crippen LogP contribution in [-0.4, -0.2) is 55.1 Å². The third-order valence-electron chi connectivity index (χ3n) is 4.54. The second-order valence-electron chi connectivity index (χ2n) is 6.21. The minimum Gasteiger partial charge on any atom is -0.495 e. The van der Waals surface area contributed by atoms with Gasteiger partial charge in [-0.15, -0.1) is 11.3 Å². The Morgan fingerprint density at radius 1 is 1.32 bits per heavy atom. The normalized spacial score (nSPS) is 16.5. The SMILES string of the molecule is COc1ccc(C)cc1NC(=O)[C@@H](C)N1CCN(c2nccs2)CC1. The molecule has 1 aliphatic heterocycles. The number of piperazine rings is 1. The third-order valence-corrected chi connectivity index (χ3v) is 5.38. The first-order valence-electron chi connectivity index (χ1n) is 8.42. The van der Waals surface area contributed by atoms with Crippen molar-refractivity contribution < 1.29 is 9.53 Å². The molecule has 2 aromatic rings. The Morgan fingerprint density at radius 2 is 2.08 bits per heavy atom. The van der Waals surface area contributed by atoms with E-state index < -0.39 is 0 Å². The molecule has 7 heteroatoms. The summed E-state index contributed by atoms with van der Waals surface area (Å²) in [5.41, 5.74) is 1.81. The van der Waals surface area contributed by atoms with Gasteiger partial charge in [0.2, 0.25) is 5.91 Å². The van der Waals surface area contributed by atoms with Gasteiger partial charge in [-0.2, -0.15) is 0 Å². The van der Waals surface area contributed by atoms with Gasteiger partial charge in [-0.1, -0.05) is 6.07 Å². The van der Waals surface area contributed by atoms with E-state index in [1.807, 2.05) is 43.6 Å². The first kappa shape index (κ1) is 17.7. The number of rotatable bonds is 5. The Bertz CT molecular complexity index is 712. The standard InChI is InChI=1S/C18H24N4O2S/c1-13-4-5-16(24-3)15(12-13)20-17(23)14(2)21-7-9-22(10-8-21)18-19-6-11-25-18/h4-6,11-12,14H,7-10H2,1-3H3,(H,20,23)/t14-/m1/s1. The van der Waals surface area contributed by atoms with E-state index in [0.717, 1.165) is 42.6 Å². The molecule has 0 saturated carbocycles. The van der Waals surface area contributed by atoms with Crippen LogP contribution in [0.4, 0.5) is 10.8 Å². The van der Waals surface area contributed by atoms with Crippen molar-refractivity contribution in [2.75, 3.05) is 43.5 Å². The number of amides is 1. The number of ether oxygens (including phenoxy) is 1. The smallest absolute Gasteiger partial charge is 0.241 e. The van der Waals surface area contributed by atoms with Gasteiger partial charge in [-0.25, -0.2) is 4.98 Å². The van der Waals surface area contributed by atoms with Crippen LogP contribution >= 0.6 is 11.3 Å². The van der Waals surface area contributed by atoms with Crippen LogP contribution < -0.4 is 15.0 Å². The number of anilines is 2. The summed E-state index contributed by atoms with van der Waals surface area (Å²) in [5, 5.41) is 6.06. The van der Waals surface area contributed by atoms with Crippen molar-refractivity contribution in [2.24, 2.45) is 0 Å². The van der Waals surface area contributed by atoms with Gasteiger partial charge in [0.15, 0.2) is 5.13 Å². The highest BCUT2D eigenvalue weighted by Crippen LogP contribution is 2.26. The summed E-state index contributed by atoms with van der Waals surface area (Å²) in [7, 11) is 1.61. The lowest BCUT2D eigenvalue weighted by Gasteiger charge is -2.37. The van der Waals surface area contributed by atoms with Gasteiger partial charge in [0.25, 0.3) is 0 Å². The Hall–Kier alpha value is -2.12. The maximum atomic E-state index is 12.7. The number of aryl methyl sites for hydroxylation is 1. The molecular weight excluding hydrogens is 336 g/mol. The topological polar surface area (TPSA) is 57.7 Å². The van der Waals surface area contributed by atoms with Crippen molar-refractivity contribution in [3.05, 3.63) is 35.3 Å². The second kappa shape index (κ2) is 7.84. The predicted octanol–water partition coefficient (Wildman–Crippen LogP) is 2.61. The summed E-state index contributed by atoms with van der Waals surface area (Å²) in [4.78, 5) is 21.5. The van der Waals surface area contributed by atoms with E-state index in [0.29, 0.717) is 5.75 Å². The summed E-state index contributed by atoms with van der Waals surface area (Å²) in [6, 6.07) is 5.59. The van der Waals surface area contributed by atoms with E-state index in [-0.39, 0.29) is 11.9 Å². The monoisotopic (exact) mass is 360 g/mol. The average molecular weight is 360 g/mol. The maximum Gasteiger partial charge on any atom is 0.241 e. The van der Waals surface area contributed by atoms with Crippen LogP contribution in [0.2, 0.25) is 0 Å². The number of nitrogens with one attached hydrogen (secondary N) is 1. The molecule has 2 heterocycles. The lowest BCUT2D eigenvalue weighted by atomic mass is 10.1. The number of methoxy groups -OCH3 is 1. The first-order valence-corrected chi connectivity index (χ1v) is 9.30. The first-order chi connectivity index (χ1) is 12.1. The van der Waals surface area contributed by atoms with Gasteiger partial charge in [-0.05, 0) is 31.5 Å². The number of hydrogen-bond acceptors (Lipinski definition) is 6. The van der Waals surface area contributed by atoms with Crippen LogP contribution in [0.25, 0.3) is 0 Å². The quantitative estimate of drug-likeness (QED) is 0.888. The molecule has 1 aromatic carbocycles. The van der Waals surface area contributed by atoms with E-state index in [1.165, 1.54) is 0 Å². The van der Waals surface area contributed by atoms with E-state index >= 15 is 0 Å². The summed E-state index contributed by atoms with van der Waals surface area (Å²) < 4.78 is 5.34. The number of nitrogens with zero attached hydrogens (tertiary/aromatic N) is 3. The molecule has 1 fully saturated rings. The molecule has 6 nitrogen and oxygen atoms in total. The molecule has 0 unspecified atom stereocenters. The Kier molecular flexibility index (Phi) is 5.55. The molecule has 0 bridgehead atoms. The lowest BCUT2D eigenvalue weighted by molar-refractivity contribution is -0.120. The number of aromatic nitrogens is 1. The highest BCUT2D eigenvalue weighted by atomic mass is 32.1. The van der Waals surface area contributed by atoms with E-state index in [4.69, 9.17) is 4.74 Å². The summed E-state index contributed by atoms with van der Waals surface area (Å²) >= 11 is 1.66. The Balaban J connectivity index is 1.59. The molecule has 1 N–H and O–H groups in total. The highest BCUT2D eigenvalue weighted by molar-refractivity contribution is 7.13. The second-order valence-corrected chi connectivity index (χ2v) is 7.08. The number of carbonyl (C=O) groups excluding carboxylic acids is 1. The number of benzene rings is 1. The number of thiazole rings is 1. The summed E-state index contributed by atoms with van der Waals surface area (Å²) in [6.45, 7) is 7.42. The lowest BCUT2D eigenvalue weighted by Crippen LogP contribution is -2.52. The molecule has 1 aliphatic rings. The molecule has 0 spiro atoms. The van der Waals surface area contributed by atoms with Crippen molar-refractivity contribution >= 4 is 28.1 Å². The van der Waals surface area contributed by atoms with Crippen molar-refractivity contribution in [3.8, 4) is 5.75 Å². The fourth-order valence-electron chi connectivity index (χ4n) is 3.00. The molecule has 1 amide bonds. The van der Waals surface area contributed by atoms with E-state index in [9.17, 15) is 4.79 Å². The summed E-state index contributed by atoms with van der Waals surface area (Å²) in [5.74, 6) is 0.673. The highest BCUT2D eigenvalue weighted by Gasteiger charge is 2.26. The fraction of sp³-hybridized carbons (Fsp3) is 0.444. The third kappa shape index (κ3) is 4.11. The van der Waals surface area contributed by atoms with E-state index in [2.05, 4.69) is 20.1 Å². The number of hydrogen-bond donors (Lipinski definition) is 1. The van der Waals surface area contributed by atoms with Crippen LogP contribution in [0.1, 0.15) is 12.5 Å². The maximum absolute atomic E-state index is 12.7. The van der Waals surface area contributed by atoms with Crippen molar-refractivity contribution in [2.45, 2.75) is 19.9 Å². The molecule has 0 radical (unpaired) electrons. The minimum absolute atomic E-state index is 0.00778. The average Bonchev–Trinajstić information content (AvgIpc) is 3.16. The molecule has 1 saturated heterocycles. The van der Waals surface area contributed by atoms with Crippen molar-refractivity contribution in [3.63, 3.8) is 0 Å². The summed E-state index contributed by atoms with van der Waals surface area (Å²) in [6.07, 6.45) is 1.83. The largest absolute Gasteiger partial charge is 0.495 e. The van der Waals surface area contributed by atoms with Crippen LogP contribution in [0.5, 0.6) is 5.75 Å². The van der Waals surface area contributed by atoms with Gasteiger partial charge in [0.1, 0.15) is 5.75 Å². The molecule has 134 valence electrons. The van der Waals surface area contributed by atoms with Gasteiger partial charge < -0.3 is 15.0 Å². The van der Waals surface area contributed by atoms with Gasteiger partial charge in [0.05, 0.1) is 18.8 Å². The minimum atomic E-state index is -0.191. The molecule has 1 atom stereocenters. The van der Waals surface area contributed by atoms with E-state index in [1.54, 1.807) is 18.4 Å².